The van der Waals surface area contributed by atoms with Gasteiger partial charge in [0.1, 0.15) is 0 Å². The second-order valence-corrected chi connectivity index (χ2v) is 6.73. The summed E-state index contributed by atoms with van der Waals surface area (Å²) in [6.07, 6.45) is 2.74. The van der Waals surface area contributed by atoms with E-state index in [1.165, 1.54) is 23.3 Å². The molecule has 1 aliphatic rings. The molecule has 1 N–H and O–H groups in total. The number of rotatable bonds is 5. The number of thiophene rings is 1. The van der Waals surface area contributed by atoms with Crippen molar-refractivity contribution in [3.63, 3.8) is 0 Å². The smallest absolute Gasteiger partial charge is 0.0446 e. The first-order valence-corrected chi connectivity index (χ1v) is 8.01. The molecule has 0 radical (unpaired) electrons. The number of nitrogens with one attached hydrogen (secondary N) is 1. The Hall–Kier alpha value is -0.640. The normalized spacial score (nSPS) is 16.7. The second kappa shape index (κ2) is 5.55. The number of benzene rings is 1. The molecule has 1 saturated carbocycles. The minimum absolute atomic E-state index is 0.550. The van der Waals surface area contributed by atoms with Crippen molar-refractivity contribution in [1.29, 1.82) is 0 Å². The van der Waals surface area contributed by atoms with Crippen molar-refractivity contribution in [2.75, 3.05) is 0 Å². The average Bonchev–Trinajstić information content (AvgIpc) is 3.07. The van der Waals surface area contributed by atoms with Crippen LogP contribution in [0.1, 0.15) is 29.3 Å². The molecule has 0 saturated heterocycles. The van der Waals surface area contributed by atoms with Gasteiger partial charge in [0.25, 0.3) is 0 Å². The van der Waals surface area contributed by atoms with Crippen molar-refractivity contribution >= 4 is 27.3 Å². The maximum Gasteiger partial charge on any atom is 0.0446 e. The molecule has 0 amide bonds. The summed E-state index contributed by atoms with van der Waals surface area (Å²) in [6.45, 7) is 0.951. The van der Waals surface area contributed by atoms with Gasteiger partial charge in [-0.05, 0) is 47.9 Å². The van der Waals surface area contributed by atoms with E-state index in [1.807, 2.05) is 11.3 Å². The van der Waals surface area contributed by atoms with Crippen LogP contribution >= 0.6 is 27.3 Å². The van der Waals surface area contributed by atoms with E-state index in [0.717, 1.165) is 16.9 Å². The van der Waals surface area contributed by atoms with E-state index in [1.54, 1.807) is 0 Å². The molecule has 1 aromatic heterocycles. The van der Waals surface area contributed by atoms with Crippen molar-refractivity contribution in [2.24, 2.45) is 5.92 Å². The Kier molecular flexibility index (Phi) is 3.83. The highest BCUT2D eigenvalue weighted by molar-refractivity contribution is 9.10. The second-order valence-electron chi connectivity index (χ2n) is 4.84. The number of hydrogen-bond acceptors (Lipinski definition) is 2. The highest BCUT2D eigenvalue weighted by Gasteiger charge is 2.32. The van der Waals surface area contributed by atoms with Crippen LogP contribution in [0.25, 0.3) is 0 Å². The van der Waals surface area contributed by atoms with Gasteiger partial charge in [-0.25, -0.2) is 0 Å². The lowest BCUT2D eigenvalue weighted by molar-refractivity contribution is 0.487. The zero-order valence-corrected chi connectivity index (χ0v) is 12.5. The standard InChI is InChI=1S/C15H16BrNS/c16-13-7-3-11(4-8-13)10-17-15(12-5-6-12)14-2-1-9-18-14/h1-4,7-9,12,15,17H,5-6,10H2. The quantitative estimate of drug-likeness (QED) is 0.837. The fourth-order valence-electron chi connectivity index (χ4n) is 2.23. The first-order valence-electron chi connectivity index (χ1n) is 6.34. The largest absolute Gasteiger partial charge is 0.305 e. The molecule has 1 aliphatic carbocycles. The third kappa shape index (κ3) is 3.02. The van der Waals surface area contributed by atoms with Crippen LogP contribution in [0.4, 0.5) is 0 Å². The Morgan fingerprint density at radius 3 is 2.61 bits per heavy atom. The molecule has 1 heterocycles. The lowest BCUT2D eigenvalue weighted by atomic mass is 10.1. The summed E-state index contributed by atoms with van der Waals surface area (Å²) < 4.78 is 1.14. The summed E-state index contributed by atoms with van der Waals surface area (Å²) in [5.41, 5.74) is 1.35. The van der Waals surface area contributed by atoms with Crippen LogP contribution in [0.2, 0.25) is 0 Å². The predicted molar refractivity (Wildman–Crippen MR) is 80.8 cm³/mol. The minimum atomic E-state index is 0.550. The maximum absolute atomic E-state index is 3.71. The molecule has 2 aromatic rings. The van der Waals surface area contributed by atoms with Gasteiger partial charge < -0.3 is 5.32 Å². The molecule has 1 fully saturated rings. The summed E-state index contributed by atoms with van der Waals surface area (Å²) in [5, 5.41) is 5.89. The Morgan fingerprint density at radius 2 is 2.00 bits per heavy atom. The topological polar surface area (TPSA) is 12.0 Å². The fourth-order valence-corrected chi connectivity index (χ4v) is 3.39. The predicted octanol–water partition coefficient (Wildman–Crippen LogP) is 4.75. The van der Waals surface area contributed by atoms with Crippen molar-refractivity contribution in [2.45, 2.75) is 25.4 Å². The van der Waals surface area contributed by atoms with E-state index in [9.17, 15) is 0 Å². The zero-order chi connectivity index (χ0) is 12.4. The highest BCUT2D eigenvalue weighted by atomic mass is 79.9. The van der Waals surface area contributed by atoms with Gasteiger partial charge in [0.15, 0.2) is 0 Å². The highest BCUT2D eigenvalue weighted by Crippen LogP contribution is 2.42. The van der Waals surface area contributed by atoms with Gasteiger partial charge >= 0.3 is 0 Å². The van der Waals surface area contributed by atoms with Crippen LogP contribution in [0.15, 0.2) is 46.3 Å². The van der Waals surface area contributed by atoms with Crippen LogP contribution in [0.5, 0.6) is 0 Å². The van der Waals surface area contributed by atoms with Gasteiger partial charge in [0.2, 0.25) is 0 Å². The molecule has 3 rings (SSSR count). The van der Waals surface area contributed by atoms with Gasteiger partial charge in [-0.1, -0.05) is 34.1 Å². The van der Waals surface area contributed by atoms with Gasteiger partial charge in [0.05, 0.1) is 0 Å². The van der Waals surface area contributed by atoms with Crippen molar-refractivity contribution in [3.8, 4) is 0 Å². The molecule has 18 heavy (non-hydrogen) atoms. The Labute approximate surface area is 120 Å². The van der Waals surface area contributed by atoms with E-state index >= 15 is 0 Å². The van der Waals surface area contributed by atoms with E-state index in [2.05, 4.69) is 63.0 Å². The van der Waals surface area contributed by atoms with Crippen LogP contribution in [0.3, 0.4) is 0 Å². The summed E-state index contributed by atoms with van der Waals surface area (Å²) in [5.74, 6) is 0.846. The SMILES string of the molecule is Brc1ccc(CNC(c2cccs2)C2CC2)cc1. The Morgan fingerprint density at radius 1 is 1.22 bits per heavy atom. The van der Waals surface area contributed by atoms with Gasteiger partial charge in [-0.15, -0.1) is 11.3 Å². The van der Waals surface area contributed by atoms with Crippen LogP contribution < -0.4 is 5.32 Å². The minimum Gasteiger partial charge on any atom is -0.305 e. The van der Waals surface area contributed by atoms with Crippen molar-refractivity contribution in [3.05, 3.63) is 56.7 Å². The molecular formula is C15H16BrNS. The van der Waals surface area contributed by atoms with Crippen LogP contribution in [-0.4, -0.2) is 0 Å². The molecule has 1 aromatic carbocycles. The van der Waals surface area contributed by atoms with Crippen molar-refractivity contribution < 1.29 is 0 Å². The van der Waals surface area contributed by atoms with Gasteiger partial charge in [0, 0.05) is 21.9 Å². The molecule has 1 unspecified atom stereocenters. The third-order valence-electron chi connectivity index (χ3n) is 3.38. The molecule has 0 spiro atoms. The first-order chi connectivity index (χ1) is 8.83. The molecule has 1 nitrogen and oxygen atoms in total. The fraction of sp³-hybridized carbons (Fsp3) is 0.333. The lowest BCUT2D eigenvalue weighted by Crippen LogP contribution is -2.21. The summed E-state index contributed by atoms with van der Waals surface area (Å²) in [4.78, 5) is 1.48. The third-order valence-corrected chi connectivity index (χ3v) is 4.87. The Bertz CT molecular complexity index is 488. The van der Waals surface area contributed by atoms with Gasteiger partial charge in [-0.3, -0.25) is 0 Å². The maximum atomic E-state index is 3.71. The van der Waals surface area contributed by atoms with Crippen molar-refractivity contribution in [1.82, 2.24) is 5.32 Å². The summed E-state index contributed by atoms with van der Waals surface area (Å²) in [6, 6.07) is 13.5. The molecule has 0 aliphatic heterocycles. The molecule has 1 atom stereocenters. The first kappa shape index (κ1) is 12.4. The zero-order valence-electron chi connectivity index (χ0n) is 10.1. The monoisotopic (exact) mass is 321 g/mol. The molecule has 0 bridgehead atoms. The number of halogens is 1. The Balaban J connectivity index is 1.65. The number of hydrogen-bond donors (Lipinski definition) is 1. The van der Waals surface area contributed by atoms with E-state index in [4.69, 9.17) is 0 Å². The lowest BCUT2D eigenvalue weighted by Gasteiger charge is -2.17. The van der Waals surface area contributed by atoms with E-state index < -0.39 is 0 Å². The van der Waals surface area contributed by atoms with E-state index in [-0.39, 0.29) is 0 Å². The molecule has 3 heteroatoms. The average molecular weight is 322 g/mol. The van der Waals surface area contributed by atoms with Gasteiger partial charge in [-0.2, -0.15) is 0 Å². The molecular weight excluding hydrogens is 306 g/mol. The molecule has 94 valence electrons. The van der Waals surface area contributed by atoms with Crippen LogP contribution in [0, 0.1) is 5.92 Å². The van der Waals surface area contributed by atoms with Crippen LogP contribution in [-0.2, 0) is 6.54 Å². The summed E-state index contributed by atoms with van der Waals surface area (Å²) in [7, 11) is 0. The summed E-state index contributed by atoms with van der Waals surface area (Å²) >= 11 is 5.34. The van der Waals surface area contributed by atoms with E-state index in [0.29, 0.717) is 6.04 Å².